The minimum atomic E-state index is -0.115. The zero-order chi connectivity index (χ0) is 19.9. The van der Waals surface area contributed by atoms with Gasteiger partial charge in [-0.1, -0.05) is 29.8 Å². The van der Waals surface area contributed by atoms with Crippen LogP contribution in [0.5, 0.6) is 0 Å². The molecule has 3 rings (SSSR count). The molecule has 1 fully saturated rings. The Balaban J connectivity index is 1.41. The minimum absolute atomic E-state index is 0.000582. The maximum absolute atomic E-state index is 12.4. The SMILES string of the molecule is Cc1ccc(C(=O)CCC(=O)N2CCC(NC(=O)c3ccncc3)CC2)cc1. The highest BCUT2D eigenvalue weighted by Crippen LogP contribution is 2.14. The molecule has 6 nitrogen and oxygen atoms in total. The zero-order valence-electron chi connectivity index (χ0n) is 16.1. The third kappa shape index (κ3) is 5.25. The van der Waals surface area contributed by atoms with Gasteiger partial charge in [-0.3, -0.25) is 19.4 Å². The van der Waals surface area contributed by atoms with Crippen molar-refractivity contribution in [2.45, 2.75) is 38.6 Å². The van der Waals surface area contributed by atoms with Crippen molar-refractivity contribution in [1.29, 1.82) is 0 Å². The van der Waals surface area contributed by atoms with Crippen molar-refractivity contribution in [3.8, 4) is 0 Å². The largest absolute Gasteiger partial charge is 0.349 e. The molecule has 146 valence electrons. The first-order valence-electron chi connectivity index (χ1n) is 9.61. The van der Waals surface area contributed by atoms with Crippen LogP contribution in [0.2, 0.25) is 0 Å². The molecule has 2 amide bonds. The van der Waals surface area contributed by atoms with Gasteiger partial charge < -0.3 is 10.2 Å². The summed E-state index contributed by atoms with van der Waals surface area (Å²) in [6.45, 7) is 3.17. The Bertz CT molecular complexity index is 826. The highest BCUT2D eigenvalue weighted by atomic mass is 16.2. The topological polar surface area (TPSA) is 79.4 Å². The Hall–Kier alpha value is -3.02. The molecule has 28 heavy (non-hydrogen) atoms. The molecule has 1 saturated heterocycles. The number of carbonyl (C=O) groups excluding carboxylic acids is 3. The molecule has 0 spiro atoms. The van der Waals surface area contributed by atoms with E-state index in [9.17, 15) is 14.4 Å². The van der Waals surface area contributed by atoms with Gasteiger partial charge in [0.1, 0.15) is 0 Å². The second-order valence-electron chi connectivity index (χ2n) is 7.15. The normalized spacial score (nSPS) is 14.5. The third-order valence-electron chi connectivity index (χ3n) is 5.06. The van der Waals surface area contributed by atoms with E-state index in [0.717, 1.165) is 5.56 Å². The molecular formula is C22H25N3O3. The first-order valence-corrected chi connectivity index (χ1v) is 9.61. The van der Waals surface area contributed by atoms with Crippen molar-refractivity contribution in [3.63, 3.8) is 0 Å². The van der Waals surface area contributed by atoms with E-state index in [1.54, 1.807) is 41.6 Å². The molecule has 0 bridgehead atoms. The summed E-state index contributed by atoms with van der Waals surface area (Å²) in [4.78, 5) is 42.5. The molecule has 1 aliphatic heterocycles. The molecule has 0 aliphatic carbocycles. The van der Waals surface area contributed by atoms with E-state index >= 15 is 0 Å². The van der Waals surface area contributed by atoms with Gasteiger partial charge in [-0.2, -0.15) is 0 Å². The molecule has 2 heterocycles. The number of piperidine rings is 1. The van der Waals surface area contributed by atoms with E-state index in [-0.39, 0.29) is 36.5 Å². The van der Waals surface area contributed by atoms with Crippen LogP contribution in [0.15, 0.2) is 48.8 Å². The molecule has 2 aromatic rings. The second kappa shape index (κ2) is 9.26. The highest BCUT2D eigenvalue weighted by Gasteiger charge is 2.24. The lowest BCUT2D eigenvalue weighted by molar-refractivity contribution is -0.132. The quantitative estimate of drug-likeness (QED) is 0.783. The van der Waals surface area contributed by atoms with Crippen molar-refractivity contribution in [3.05, 3.63) is 65.5 Å². The van der Waals surface area contributed by atoms with Gasteiger partial charge in [0.2, 0.25) is 5.91 Å². The van der Waals surface area contributed by atoms with Crippen LogP contribution in [0.3, 0.4) is 0 Å². The van der Waals surface area contributed by atoms with Gasteiger partial charge in [0.25, 0.3) is 5.91 Å². The Labute approximate surface area is 165 Å². The number of pyridine rings is 1. The number of Topliss-reactive ketones (excluding diaryl/α,β-unsaturated/α-hetero) is 1. The number of ketones is 1. The molecular weight excluding hydrogens is 354 g/mol. The number of rotatable bonds is 6. The molecule has 1 aliphatic rings. The number of carbonyl (C=O) groups is 3. The summed E-state index contributed by atoms with van der Waals surface area (Å²) in [7, 11) is 0. The van der Waals surface area contributed by atoms with Crippen LogP contribution in [0, 0.1) is 6.92 Å². The maximum Gasteiger partial charge on any atom is 0.251 e. The number of hydrogen-bond donors (Lipinski definition) is 1. The predicted molar refractivity (Wildman–Crippen MR) is 106 cm³/mol. The van der Waals surface area contributed by atoms with Gasteiger partial charge >= 0.3 is 0 Å². The summed E-state index contributed by atoms with van der Waals surface area (Å²) in [5.41, 5.74) is 2.34. The fraction of sp³-hybridized carbons (Fsp3) is 0.364. The summed E-state index contributed by atoms with van der Waals surface area (Å²) >= 11 is 0. The number of nitrogens with one attached hydrogen (secondary N) is 1. The third-order valence-corrected chi connectivity index (χ3v) is 5.06. The lowest BCUT2D eigenvalue weighted by Gasteiger charge is -2.32. The fourth-order valence-corrected chi connectivity index (χ4v) is 3.31. The van der Waals surface area contributed by atoms with Crippen LogP contribution in [0.1, 0.15) is 52.0 Å². The lowest BCUT2D eigenvalue weighted by Crippen LogP contribution is -2.46. The number of hydrogen-bond acceptors (Lipinski definition) is 4. The van der Waals surface area contributed by atoms with E-state index in [0.29, 0.717) is 37.1 Å². The Morgan fingerprint density at radius 1 is 0.964 bits per heavy atom. The summed E-state index contributed by atoms with van der Waals surface area (Å²) in [6.07, 6.45) is 5.06. The summed E-state index contributed by atoms with van der Waals surface area (Å²) < 4.78 is 0. The Kier molecular flexibility index (Phi) is 6.53. The van der Waals surface area contributed by atoms with Crippen LogP contribution >= 0.6 is 0 Å². The standard InChI is InChI=1S/C22H25N3O3/c1-16-2-4-17(5-3-16)20(26)6-7-21(27)25-14-10-19(11-15-25)24-22(28)18-8-12-23-13-9-18/h2-5,8-9,12-13,19H,6-7,10-11,14-15H2,1H3,(H,24,28). The van der Waals surface area contributed by atoms with Crippen LogP contribution in [-0.2, 0) is 4.79 Å². The number of aryl methyl sites for hydroxylation is 1. The maximum atomic E-state index is 12.4. The molecule has 1 aromatic carbocycles. The Morgan fingerprint density at radius 2 is 1.61 bits per heavy atom. The number of likely N-dealkylation sites (tertiary alicyclic amines) is 1. The fourth-order valence-electron chi connectivity index (χ4n) is 3.31. The first kappa shape index (κ1) is 19.7. The smallest absolute Gasteiger partial charge is 0.251 e. The number of nitrogens with zero attached hydrogens (tertiary/aromatic N) is 2. The van der Waals surface area contributed by atoms with Crippen molar-refractivity contribution in [2.75, 3.05) is 13.1 Å². The van der Waals surface area contributed by atoms with Gasteiger partial charge in [0, 0.05) is 55.5 Å². The van der Waals surface area contributed by atoms with Gasteiger partial charge in [-0.15, -0.1) is 0 Å². The first-order chi connectivity index (χ1) is 13.5. The molecule has 0 unspecified atom stereocenters. The summed E-state index contributed by atoms with van der Waals surface area (Å²) in [6, 6.07) is 10.8. The van der Waals surface area contributed by atoms with Crippen molar-refractivity contribution >= 4 is 17.6 Å². The van der Waals surface area contributed by atoms with E-state index in [1.807, 2.05) is 19.1 Å². The van der Waals surface area contributed by atoms with Crippen LogP contribution in [-0.4, -0.2) is 46.6 Å². The van der Waals surface area contributed by atoms with Crippen LogP contribution < -0.4 is 5.32 Å². The number of aromatic nitrogens is 1. The van der Waals surface area contributed by atoms with Crippen molar-refractivity contribution in [1.82, 2.24) is 15.2 Å². The van der Waals surface area contributed by atoms with Crippen LogP contribution in [0.4, 0.5) is 0 Å². The molecule has 0 atom stereocenters. The van der Waals surface area contributed by atoms with E-state index in [4.69, 9.17) is 0 Å². The average Bonchev–Trinajstić information content (AvgIpc) is 2.73. The van der Waals surface area contributed by atoms with Gasteiger partial charge in [0.05, 0.1) is 0 Å². The highest BCUT2D eigenvalue weighted by molar-refractivity contribution is 5.98. The average molecular weight is 379 g/mol. The number of amides is 2. The Morgan fingerprint density at radius 3 is 2.25 bits per heavy atom. The molecule has 1 N–H and O–H groups in total. The minimum Gasteiger partial charge on any atom is -0.349 e. The second-order valence-corrected chi connectivity index (χ2v) is 7.15. The van der Waals surface area contributed by atoms with Crippen molar-refractivity contribution < 1.29 is 14.4 Å². The van der Waals surface area contributed by atoms with Crippen molar-refractivity contribution in [2.24, 2.45) is 0 Å². The monoisotopic (exact) mass is 379 g/mol. The summed E-state index contributed by atoms with van der Waals surface area (Å²) in [5, 5.41) is 3.01. The van der Waals surface area contributed by atoms with Gasteiger partial charge in [0.15, 0.2) is 5.78 Å². The molecule has 6 heteroatoms. The van der Waals surface area contributed by atoms with Gasteiger partial charge in [-0.25, -0.2) is 0 Å². The predicted octanol–water partition coefficient (Wildman–Crippen LogP) is 2.77. The molecule has 0 saturated carbocycles. The molecule has 0 radical (unpaired) electrons. The van der Waals surface area contributed by atoms with Crippen LogP contribution in [0.25, 0.3) is 0 Å². The van der Waals surface area contributed by atoms with Gasteiger partial charge in [-0.05, 0) is 31.9 Å². The van der Waals surface area contributed by atoms with E-state index < -0.39 is 0 Å². The summed E-state index contributed by atoms with van der Waals surface area (Å²) in [5.74, 6) is -0.122. The lowest BCUT2D eigenvalue weighted by atomic mass is 10.0. The van der Waals surface area contributed by atoms with E-state index in [2.05, 4.69) is 10.3 Å². The number of benzene rings is 1. The molecule has 1 aromatic heterocycles. The van der Waals surface area contributed by atoms with E-state index in [1.165, 1.54) is 0 Å². The zero-order valence-corrected chi connectivity index (χ0v) is 16.1.